The molecule has 112 valence electrons. The highest BCUT2D eigenvalue weighted by molar-refractivity contribution is 6.35. The van der Waals surface area contributed by atoms with Crippen LogP contribution in [0.15, 0.2) is 29.4 Å². The first-order chi connectivity index (χ1) is 10.2. The normalized spacial score (nSPS) is 15.7. The molecule has 0 spiro atoms. The summed E-state index contributed by atoms with van der Waals surface area (Å²) in [4.78, 5) is 25.3. The first-order valence-corrected chi connectivity index (χ1v) is 7.09. The number of phenolic OH excluding ortho intramolecular Hbond substituents is 1. The Labute approximate surface area is 123 Å². The van der Waals surface area contributed by atoms with E-state index in [0.29, 0.717) is 18.7 Å². The number of phenols is 1. The molecular formula is C15H19N3O3. The van der Waals surface area contributed by atoms with Gasteiger partial charge in [0.05, 0.1) is 6.21 Å². The van der Waals surface area contributed by atoms with Gasteiger partial charge < -0.3 is 10.0 Å². The van der Waals surface area contributed by atoms with Crippen LogP contribution in [0.3, 0.4) is 0 Å². The number of carbonyl (C=O) groups excluding carboxylic acids is 2. The molecule has 0 atom stereocenters. The number of benzene rings is 1. The number of amides is 2. The third kappa shape index (κ3) is 4.30. The van der Waals surface area contributed by atoms with Crippen LogP contribution in [-0.2, 0) is 9.59 Å². The summed E-state index contributed by atoms with van der Waals surface area (Å²) in [6.45, 7) is 1.24. The number of nitrogens with one attached hydrogen (secondary N) is 1. The lowest BCUT2D eigenvalue weighted by Crippen LogP contribution is -2.41. The standard InChI is InChI=1S/C15H19N3O3/c19-13-8-4-3-7-12(13)11-16-17-14(20)15(21)18-9-5-1-2-6-10-18/h3-4,7-8,11,19H,1-2,5-6,9-10H2,(H,17,20)/b16-11+. The van der Waals surface area contributed by atoms with Crippen LogP contribution >= 0.6 is 0 Å². The van der Waals surface area contributed by atoms with Gasteiger partial charge in [0.1, 0.15) is 5.75 Å². The SMILES string of the molecule is O=C(N/N=C/c1ccccc1O)C(=O)N1CCCCCC1. The summed E-state index contributed by atoms with van der Waals surface area (Å²) in [7, 11) is 0. The number of rotatable bonds is 2. The highest BCUT2D eigenvalue weighted by atomic mass is 16.3. The van der Waals surface area contributed by atoms with Crippen LogP contribution in [0.1, 0.15) is 31.2 Å². The summed E-state index contributed by atoms with van der Waals surface area (Å²) >= 11 is 0. The Bertz CT molecular complexity index is 535. The molecule has 1 saturated heterocycles. The molecule has 21 heavy (non-hydrogen) atoms. The quantitative estimate of drug-likeness (QED) is 0.488. The van der Waals surface area contributed by atoms with Gasteiger partial charge in [-0.3, -0.25) is 9.59 Å². The molecule has 0 aromatic heterocycles. The van der Waals surface area contributed by atoms with Crippen LogP contribution in [0.2, 0.25) is 0 Å². The van der Waals surface area contributed by atoms with Gasteiger partial charge in [0.15, 0.2) is 0 Å². The van der Waals surface area contributed by atoms with E-state index >= 15 is 0 Å². The van der Waals surface area contributed by atoms with Gasteiger partial charge in [0.2, 0.25) is 0 Å². The molecule has 1 aliphatic heterocycles. The second-order valence-electron chi connectivity index (χ2n) is 4.96. The fourth-order valence-corrected chi connectivity index (χ4v) is 2.22. The third-order valence-electron chi connectivity index (χ3n) is 3.39. The highest BCUT2D eigenvalue weighted by Crippen LogP contribution is 2.12. The predicted octanol–water partition coefficient (Wildman–Crippen LogP) is 1.24. The molecular weight excluding hydrogens is 270 g/mol. The molecule has 0 aliphatic carbocycles. The lowest BCUT2D eigenvalue weighted by molar-refractivity contribution is -0.145. The number of aromatic hydroxyl groups is 1. The van der Waals surface area contributed by atoms with E-state index in [1.807, 2.05) is 0 Å². The Morgan fingerprint density at radius 3 is 2.48 bits per heavy atom. The molecule has 1 aromatic rings. The Morgan fingerprint density at radius 1 is 1.14 bits per heavy atom. The summed E-state index contributed by atoms with van der Waals surface area (Å²) in [5.41, 5.74) is 2.68. The maximum Gasteiger partial charge on any atom is 0.329 e. The molecule has 2 N–H and O–H groups in total. The van der Waals surface area contributed by atoms with Crippen molar-refractivity contribution in [2.24, 2.45) is 5.10 Å². The highest BCUT2D eigenvalue weighted by Gasteiger charge is 2.22. The molecule has 1 aliphatic rings. The molecule has 0 radical (unpaired) electrons. The number of likely N-dealkylation sites (tertiary alicyclic amines) is 1. The van der Waals surface area contributed by atoms with Crippen molar-refractivity contribution in [3.05, 3.63) is 29.8 Å². The monoisotopic (exact) mass is 289 g/mol. The number of nitrogens with zero attached hydrogens (tertiary/aromatic N) is 2. The van der Waals surface area contributed by atoms with Gasteiger partial charge in [-0.15, -0.1) is 0 Å². The van der Waals surface area contributed by atoms with Crippen molar-refractivity contribution >= 4 is 18.0 Å². The summed E-state index contributed by atoms with van der Waals surface area (Å²) in [5.74, 6) is -1.23. The summed E-state index contributed by atoms with van der Waals surface area (Å²) in [5, 5.41) is 13.3. The second-order valence-corrected chi connectivity index (χ2v) is 4.96. The van der Waals surface area contributed by atoms with Crippen LogP contribution < -0.4 is 5.43 Å². The molecule has 1 aromatic carbocycles. The molecule has 2 rings (SSSR count). The van der Waals surface area contributed by atoms with E-state index in [1.54, 1.807) is 23.1 Å². The zero-order chi connectivity index (χ0) is 15.1. The van der Waals surface area contributed by atoms with Gasteiger partial charge in [0.25, 0.3) is 0 Å². The Balaban J connectivity index is 1.89. The minimum absolute atomic E-state index is 0.0642. The van der Waals surface area contributed by atoms with Crippen molar-refractivity contribution in [1.82, 2.24) is 10.3 Å². The zero-order valence-corrected chi connectivity index (χ0v) is 11.8. The minimum Gasteiger partial charge on any atom is -0.507 e. The second kappa shape index (κ2) is 7.42. The van der Waals surface area contributed by atoms with Gasteiger partial charge >= 0.3 is 11.8 Å². The molecule has 6 heteroatoms. The van der Waals surface area contributed by atoms with E-state index in [2.05, 4.69) is 10.5 Å². The largest absolute Gasteiger partial charge is 0.507 e. The van der Waals surface area contributed by atoms with Gasteiger partial charge in [-0.25, -0.2) is 5.43 Å². The zero-order valence-electron chi connectivity index (χ0n) is 11.8. The van der Waals surface area contributed by atoms with Crippen molar-refractivity contribution in [3.8, 4) is 5.75 Å². The molecule has 2 amide bonds. The average molecular weight is 289 g/mol. The summed E-state index contributed by atoms with van der Waals surface area (Å²) < 4.78 is 0. The Morgan fingerprint density at radius 2 is 1.81 bits per heavy atom. The van der Waals surface area contributed by atoms with E-state index in [-0.39, 0.29) is 5.75 Å². The fraction of sp³-hybridized carbons (Fsp3) is 0.400. The van der Waals surface area contributed by atoms with Crippen LogP contribution in [0.25, 0.3) is 0 Å². The first-order valence-electron chi connectivity index (χ1n) is 7.09. The van der Waals surface area contributed by atoms with Crippen LogP contribution in [0, 0.1) is 0 Å². The van der Waals surface area contributed by atoms with E-state index in [1.165, 1.54) is 12.3 Å². The van der Waals surface area contributed by atoms with Gasteiger partial charge in [-0.1, -0.05) is 25.0 Å². The van der Waals surface area contributed by atoms with Crippen molar-refractivity contribution in [2.45, 2.75) is 25.7 Å². The van der Waals surface area contributed by atoms with Crippen molar-refractivity contribution < 1.29 is 14.7 Å². The number of hydrogen-bond acceptors (Lipinski definition) is 4. The maximum absolute atomic E-state index is 12.0. The Hall–Kier alpha value is -2.37. The van der Waals surface area contributed by atoms with E-state index < -0.39 is 11.8 Å². The lowest BCUT2D eigenvalue weighted by Gasteiger charge is -2.18. The molecule has 0 unspecified atom stereocenters. The maximum atomic E-state index is 12.0. The number of carbonyl (C=O) groups is 2. The van der Waals surface area contributed by atoms with Crippen molar-refractivity contribution in [3.63, 3.8) is 0 Å². The third-order valence-corrected chi connectivity index (χ3v) is 3.39. The van der Waals surface area contributed by atoms with E-state index in [9.17, 15) is 14.7 Å². The molecule has 1 heterocycles. The van der Waals surface area contributed by atoms with Crippen LogP contribution in [0.4, 0.5) is 0 Å². The Kier molecular flexibility index (Phi) is 5.31. The molecule has 1 fully saturated rings. The van der Waals surface area contributed by atoms with E-state index in [4.69, 9.17) is 0 Å². The van der Waals surface area contributed by atoms with Crippen molar-refractivity contribution in [1.29, 1.82) is 0 Å². The van der Waals surface area contributed by atoms with Crippen LogP contribution in [-0.4, -0.2) is 41.1 Å². The minimum atomic E-state index is -0.747. The first kappa shape index (κ1) is 15.0. The summed E-state index contributed by atoms with van der Waals surface area (Å²) in [6.07, 6.45) is 5.36. The van der Waals surface area contributed by atoms with Gasteiger partial charge in [0, 0.05) is 18.7 Å². The van der Waals surface area contributed by atoms with Crippen molar-refractivity contribution in [2.75, 3.05) is 13.1 Å². The van der Waals surface area contributed by atoms with Gasteiger partial charge in [-0.2, -0.15) is 5.10 Å². The topological polar surface area (TPSA) is 82.0 Å². The van der Waals surface area contributed by atoms with Gasteiger partial charge in [-0.05, 0) is 25.0 Å². The summed E-state index contributed by atoms with van der Waals surface area (Å²) in [6, 6.07) is 6.60. The van der Waals surface area contributed by atoms with E-state index in [0.717, 1.165) is 25.7 Å². The number of hydrogen-bond donors (Lipinski definition) is 2. The average Bonchev–Trinajstić information content (AvgIpc) is 2.77. The predicted molar refractivity (Wildman–Crippen MR) is 78.9 cm³/mol. The molecule has 0 bridgehead atoms. The number of hydrazone groups is 1. The molecule has 0 saturated carbocycles. The fourth-order valence-electron chi connectivity index (χ4n) is 2.22. The number of para-hydroxylation sites is 1. The molecule has 6 nitrogen and oxygen atoms in total. The van der Waals surface area contributed by atoms with Crippen LogP contribution in [0.5, 0.6) is 5.75 Å². The smallest absolute Gasteiger partial charge is 0.329 e. The lowest BCUT2D eigenvalue weighted by atomic mass is 10.2.